The molecule has 0 aromatic heterocycles. The first-order valence-electron chi connectivity index (χ1n) is 14.9. The van der Waals surface area contributed by atoms with Gasteiger partial charge >= 0.3 is 0 Å². The standard InChI is InChI=1S/C36H39BrClN3O4S/c1-25-14-17-31(20-26(25)2)41(46(44,45)32-18-15-30(38)16-19-32)24-34(42)40(23-28-12-9-13-29(37)21-28)33(35(43)39-36(3,4)5)22-27-10-7-6-8-11-27/h6-21,33H,22-24H2,1-5H3,(H,39,43). The van der Waals surface area contributed by atoms with Gasteiger partial charge in [0.15, 0.2) is 0 Å². The normalized spacial score (nSPS) is 12.3. The van der Waals surface area contributed by atoms with E-state index >= 15 is 0 Å². The van der Waals surface area contributed by atoms with Crippen LogP contribution < -0.4 is 9.62 Å². The van der Waals surface area contributed by atoms with Crippen molar-refractivity contribution in [3.8, 4) is 0 Å². The van der Waals surface area contributed by atoms with E-state index < -0.39 is 34.1 Å². The van der Waals surface area contributed by atoms with Gasteiger partial charge in [0.05, 0.1) is 10.6 Å². The van der Waals surface area contributed by atoms with Gasteiger partial charge in [0.1, 0.15) is 12.6 Å². The van der Waals surface area contributed by atoms with Crippen molar-refractivity contribution in [2.24, 2.45) is 0 Å². The van der Waals surface area contributed by atoms with E-state index in [1.807, 2.05) is 95.3 Å². The molecule has 0 radical (unpaired) electrons. The fourth-order valence-electron chi connectivity index (χ4n) is 4.98. The van der Waals surface area contributed by atoms with Gasteiger partial charge in [-0.2, -0.15) is 0 Å². The molecule has 0 aliphatic carbocycles. The maximum atomic E-state index is 14.6. The number of nitrogens with zero attached hydrogens (tertiary/aromatic N) is 2. The molecule has 0 fully saturated rings. The largest absolute Gasteiger partial charge is 0.350 e. The van der Waals surface area contributed by atoms with E-state index in [0.29, 0.717) is 10.7 Å². The first-order chi connectivity index (χ1) is 21.6. The lowest BCUT2D eigenvalue weighted by Crippen LogP contribution is -2.56. The molecule has 0 aliphatic rings. The molecule has 1 N–H and O–H groups in total. The summed E-state index contributed by atoms with van der Waals surface area (Å²) in [6.07, 6.45) is 0.232. The molecule has 1 atom stereocenters. The van der Waals surface area contributed by atoms with Crippen LogP contribution >= 0.6 is 27.5 Å². The zero-order valence-corrected chi connectivity index (χ0v) is 29.8. The Balaban J connectivity index is 1.84. The number of aryl methyl sites for hydroxylation is 2. The van der Waals surface area contributed by atoms with E-state index in [-0.39, 0.29) is 23.8 Å². The van der Waals surface area contributed by atoms with Crippen molar-refractivity contribution < 1.29 is 18.0 Å². The summed E-state index contributed by atoms with van der Waals surface area (Å²) in [6.45, 7) is 9.01. The lowest BCUT2D eigenvalue weighted by atomic mass is 10.0. The van der Waals surface area contributed by atoms with Crippen molar-refractivity contribution in [2.75, 3.05) is 10.8 Å². The molecule has 242 valence electrons. The lowest BCUT2D eigenvalue weighted by molar-refractivity contribution is -0.140. The molecule has 1 unspecified atom stereocenters. The number of nitrogens with one attached hydrogen (secondary N) is 1. The summed E-state index contributed by atoms with van der Waals surface area (Å²) in [7, 11) is -4.22. The molecule has 0 bridgehead atoms. The Morgan fingerprint density at radius 2 is 1.50 bits per heavy atom. The topological polar surface area (TPSA) is 86.8 Å². The van der Waals surface area contributed by atoms with Gasteiger partial charge < -0.3 is 10.2 Å². The number of hydrogen-bond acceptors (Lipinski definition) is 4. The van der Waals surface area contributed by atoms with Crippen LogP contribution in [-0.4, -0.2) is 43.3 Å². The summed E-state index contributed by atoms with van der Waals surface area (Å²) in [5, 5.41) is 3.44. The van der Waals surface area contributed by atoms with Gasteiger partial charge in [-0.1, -0.05) is 76.1 Å². The molecule has 4 aromatic carbocycles. The van der Waals surface area contributed by atoms with E-state index in [4.69, 9.17) is 11.6 Å². The highest BCUT2D eigenvalue weighted by atomic mass is 79.9. The van der Waals surface area contributed by atoms with E-state index in [0.717, 1.165) is 31.0 Å². The molecule has 10 heteroatoms. The van der Waals surface area contributed by atoms with Gasteiger partial charge in [-0.05, 0) is 105 Å². The number of carbonyl (C=O) groups excluding carboxylic acids is 2. The lowest BCUT2D eigenvalue weighted by Gasteiger charge is -2.35. The van der Waals surface area contributed by atoms with Crippen molar-refractivity contribution in [1.82, 2.24) is 10.2 Å². The molecule has 46 heavy (non-hydrogen) atoms. The zero-order chi connectivity index (χ0) is 33.6. The molecular weight excluding hydrogens is 686 g/mol. The summed E-state index contributed by atoms with van der Waals surface area (Å²) < 4.78 is 30.3. The summed E-state index contributed by atoms with van der Waals surface area (Å²) in [6, 6.07) is 27.1. The zero-order valence-electron chi connectivity index (χ0n) is 26.6. The van der Waals surface area contributed by atoms with Crippen LogP contribution in [0.3, 0.4) is 0 Å². The third kappa shape index (κ3) is 9.21. The third-order valence-electron chi connectivity index (χ3n) is 7.47. The SMILES string of the molecule is Cc1ccc(N(CC(=O)N(Cc2cccc(Br)c2)C(Cc2ccccc2)C(=O)NC(C)(C)C)S(=O)(=O)c2ccc(Cl)cc2)cc1C. The second-order valence-corrected chi connectivity index (χ2v) is 15.5. The maximum Gasteiger partial charge on any atom is 0.264 e. The summed E-state index contributed by atoms with van der Waals surface area (Å²) >= 11 is 9.59. The molecule has 0 spiro atoms. The van der Waals surface area contributed by atoms with Crippen molar-refractivity contribution >= 4 is 55.1 Å². The van der Waals surface area contributed by atoms with Crippen LogP contribution in [0.1, 0.15) is 43.0 Å². The predicted octanol–water partition coefficient (Wildman–Crippen LogP) is 7.47. The van der Waals surface area contributed by atoms with Crippen LogP contribution in [0.5, 0.6) is 0 Å². The molecule has 0 saturated heterocycles. The van der Waals surface area contributed by atoms with Crippen molar-refractivity contribution in [2.45, 2.75) is 64.1 Å². The quantitative estimate of drug-likeness (QED) is 0.174. The average molecular weight is 725 g/mol. The summed E-state index contributed by atoms with van der Waals surface area (Å²) in [5.74, 6) is -0.862. The molecule has 0 aliphatic heterocycles. The molecule has 7 nitrogen and oxygen atoms in total. The minimum Gasteiger partial charge on any atom is -0.350 e. The minimum absolute atomic E-state index is 0.00669. The first kappa shape index (κ1) is 35.2. The van der Waals surface area contributed by atoms with E-state index in [1.54, 1.807) is 12.1 Å². The van der Waals surface area contributed by atoms with E-state index in [2.05, 4.69) is 21.2 Å². The number of carbonyl (C=O) groups is 2. The maximum absolute atomic E-state index is 14.6. The number of benzene rings is 4. The number of sulfonamides is 1. The predicted molar refractivity (Wildman–Crippen MR) is 188 cm³/mol. The highest BCUT2D eigenvalue weighted by molar-refractivity contribution is 9.10. The fraction of sp³-hybridized carbons (Fsp3) is 0.278. The number of halogens is 2. The Kier molecular flexibility index (Phi) is 11.4. The van der Waals surface area contributed by atoms with Crippen LogP contribution in [0.4, 0.5) is 5.69 Å². The van der Waals surface area contributed by atoms with Crippen LogP contribution in [-0.2, 0) is 32.6 Å². The third-order valence-corrected chi connectivity index (χ3v) is 10.0. The second kappa shape index (κ2) is 14.8. The van der Waals surface area contributed by atoms with Gasteiger partial charge in [0.2, 0.25) is 11.8 Å². The van der Waals surface area contributed by atoms with Gasteiger partial charge in [0, 0.05) is 28.0 Å². The van der Waals surface area contributed by atoms with Crippen molar-refractivity contribution in [1.29, 1.82) is 0 Å². The van der Waals surface area contributed by atoms with Crippen molar-refractivity contribution in [3.63, 3.8) is 0 Å². The Hall–Kier alpha value is -3.66. The number of hydrogen-bond donors (Lipinski definition) is 1. The summed E-state index contributed by atoms with van der Waals surface area (Å²) in [4.78, 5) is 30.1. The van der Waals surface area contributed by atoms with Gasteiger partial charge in [-0.3, -0.25) is 13.9 Å². The van der Waals surface area contributed by atoms with Crippen LogP contribution in [0, 0.1) is 13.8 Å². The second-order valence-electron chi connectivity index (χ2n) is 12.3. The van der Waals surface area contributed by atoms with Crippen molar-refractivity contribution in [3.05, 3.63) is 129 Å². The fourth-order valence-corrected chi connectivity index (χ4v) is 6.96. The molecule has 4 rings (SSSR count). The Morgan fingerprint density at radius 1 is 0.848 bits per heavy atom. The minimum atomic E-state index is -4.22. The van der Waals surface area contributed by atoms with Gasteiger partial charge in [-0.15, -0.1) is 0 Å². The number of amides is 2. The monoisotopic (exact) mass is 723 g/mol. The Labute approximate surface area is 285 Å². The number of anilines is 1. The highest BCUT2D eigenvalue weighted by Crippen LogP contribution is 2.28. The Bertz CT molecular complexity index is 1790. The Morgan fingerprint density at radius 3 is 2.11 bits per heavy atom. The van der Waals surface area contributed by atoms with Crippen LogP contribution in [0.25, 0.3) is 0 Å². The van der Waals surface area contributed by atoms with E-state index in [9.17, 15) is 18.0 Å². The molecule has 2 amide bonds. The molecule has 0 saturated carbocycles. The van der Waals surface area contributed by atoms with Gasteiger partial charge in [-0.25, -0.2) is 8.42 Å². The molecule has 0 heterocycles. The summed E-state index contributed by atoms with van der Waals surface area (Å²) in [5.41, 5.74) is 3.27. The van der Waals surface area contributed by atoms with E-state index in [1.165, 1.54) is 29.2 Å². The van der Waals surface area contributed by atoms with Gasteiger partial charge in [0.25, 0.3) is 10.0 Å². The van der Waals surface area contributed by atoms with Crippen LogP contribution in [0.2, 0.25) is 5.02 Å². The van der Waals surface area contributed by atoms with Crippen LogP contribution in [0.15, 0.2) is 106 Å². The number of rotatable bonds is 11. The average Bonchev–Trinajstić information content (AvgIpc) is 2.99. The molecular formula is C36H39BrClN3O4S. The molecule has 4 aromatic rings. The smallest absolute Gasteiger partial charge is 0.264 e. The highest BCUT2D eigenvalue weighted by Gasteiger charge is 2.35. The first-order valence-corrected chi connectivity index (χ1v) is 17.5.